The molecule has 2 aliphatic rings. The second kappa shape index (κ2) is 12.5. The van der Waals surface area contributed by atoms with Crippen LogP contribution in [0.15, 0.2) is 17.4 Å². The molecule has 0 unspecified atom stereocenters. The number of hydrogen-bond donors (Lipinski definition) is 1. The van der Waals surface area contributed by atoms with E-state index in [1.54, 1.807) is 0 Å². The lowest BCUT2D eigenvalue weighted by molar-refractivity contribution is -0.133. The number of carbonyl (C=O) groups is 1. The molecule has 0 spiro atoms. The number of amides is 1. The van der Waals surface area contributed by atoms with E-state index in [1.165, 1.54) is 6.42 Å². The van der Waals surface area contributed by atoms with Crippen LogP contribution in [0.2, 0.25) is 0 Å². The van der Waals surface area contributed by atoms with Crippen LogP contribution in [0.3, 0.4) is 0 Å². The highest BCUT2D eigenvalue weighted by atomic mass is 127. The zero-order valence-corrected chi connectivity index (χ0v) is 21.0. The Kier molecular flexibility index (Phi) is 10.4. The Hall–Kier alpha value is -1.36. The first-order valence-corrected chi connectivity index (χ1v) is 11.0. The van der Waals surface area contributed by atoms with E-state index in [1.807, 2.05) is 24.3 Å². The SMILES string of the molecule is CN=C(NCc1nccn1CC(C)C)N1CCN(CC(=O)N2CCCCC2)CC1.I. The third-order valence-electron chi connectivity index (χ3n) is 5.72. The first-order chi connectivity index (χ1) is 14.1. The molecule has 0 bridgehead atoms. The molecule has 0 atom stereocenters. The first kappa shape index (κ1) is 24.9. The summed E-state index contributed by atoms with van der Waals surface area (Å²) in [7, 11) is 1.83. The summed E-state index contributed by atoms with van der Waals surface area (Å²) in [5.41, 5.74) is 0. The lowest BCUT2D eigenvalue weighted by atomic mass is 10.1. The molecule has 9 heteroatoms. The lowest BCUT2D eigenvalue weighted by Crippen LogP contribution is -2.54. The maximum absolute atomic E-state index is 12.5. The van der Waals surface area contributed by atoms with Crippen LogP contribution >= 0.6 is 24.0 Å². The molecule has 2 fully saturated rings. The van der Waals surface area contributed by atoms with Gasteiger partial charge in [0.25, 0.3) is 0 Å². The summed E-state index contributed by atoms with van der Waals surface area (Å²) in [6, 6.07) is 0. The predicted octanol–water partition coefficient (Wildman–Crippen LogP) is 1.86. The molecule has 2 aliphatic heterocycles. The second-order valence-corrected chi connectivity index (χ2v) is 8.50. The summed E-state index contributed by atoms with van der Waals surface area (Å²) in [4.78, 5) is 28.0. The van der Waals surface area contributed by atoms with Crippen molar-refractivity contribution in [1.82, 2.24) is 29.6 Å². The number of aliphatic imine (C=N–C) groups is 1. The average Bonchev–Trinajstić information content (AvgIpc) is 3.16. The Morgan fingerprint density at radius 2 is 1.80 bits per heavy atom. The fourth-order valence-electron chi connectivity index (χ4n) is 4.11. The van der Waals surface area contributed by atoms with Crippen molar-refractivity contribution in [2.45, 2.75) is 46.2 Å². The fraction of sp³-hybridized carbons (Fsp3) is 0.762. The topological polar surface area (TPSA) is 69.0 Å². The van der Waals surface area contributed by atoms with E-state index in [4.69, 9.17) is 0 Å². The van der Waals surface area contributed by atoms with E-state index in [0.717, 1.165) is 70.4 Å². The molecule has 1 aromatic heterocycles. The van der Waals surface area contributed by atoms with Crippen LogP contribution in [0.5, 0.6) is 0 Å². The number of nitrogens with zero attached hydrogens (tertiary/aromatic N) is 6. The van der Waals surface area contributed by atoms with Gasteiger partial charge < -0.3 is 19.7 Å². The number of rotatable bonds is 6. The maximum atomic E-state index is 12.5. The van der Waals surface area contributed by atoms with Crippen LogP contribution in [0.1, 0.15) is 38.9 Å². The van der Waals surface area contributed by atoms with Gasteiger partial charge in [0.1, 0.15) is 5.82 Å². The van der Waals surface area contributed by atoms with Crippen LogP contribution in [0.25, 0.3) is 0 Å². The van der Waals surface area contributed by atoms with E-state index in [9.17, 15) is 4.79 Å². The number of carbonyl (C=O) groups excluding carboxylic acids is 1. The summed E-state index contributed by atoms with van der Waals surface area (Å²) >= 11 is 0. The van der Waals surface area contributed by atoms with Gasteiger partial charge >= 0.3 is 0 Å². The number of guanidine groups is 1. The number of hydrogen-bond acceptors (Lipinski definition) is 4. The van der Waals surface area contributed by atoms with Gasteiger partial charge in [-0.2, -0.15) is 0 Å². The number of piperidine rings is 1. The van der Waals surface area contributed by atoms with Crippen molar-refractivity contribution in [3.8, 4) is 0 Å². The van der Waals surface area contributed by atoms with Crippen molar-refractivity contribution in [3.05, 3.63) is 18.2 Å². The molecule has 8 nitrogen and oxygen atoms in total. The molecule has 170 valence electrons. The number of imidazole rings is 1. The van der Waals surface area contributed by atoms with Crippen LogP contribution in [-0.2, 0) is 17.9 Å². The molecule has 1 N–H and O–H groups in total. The molecular formula is C21H38IN7O. The van der Waals surface area contributed by atoms with Gasteiger partial charge in [-0.1, -0.05) is 13.8 Å². The monoisotopic (exact) mass is 531 g/mol. The summed E-state index contributed by atoms with van der Waals surface area (Å²) in [5, 5.41) is 3.46. The number of aromatic nitrogens is 2. The molecule has 2 saturated heterocycles. The number of likely N-dealkylation sites (tertiary alicyclic amines) is 1. The highest BCUT2D eigenvalue weighted by Crippen LogP contribution is 2.10. The second-order valence-electron chi connectivity index (χ2n) is 8.50. The van der Waals surface area contributed by atoms with E-state index in [-0.39, 0.29) is 29.9 Å². The van der Waals surface area contributed by atoms with Gasteiger partial charge in [-0.15, -0.1) is 24.0 Å². The quantitative estimate of drug-likeness (QED) is 0.345. The lowest BCUT2D eigenvalue weighted by Gasteiger charge is -2.37. The minimum absolute atomic E-state index is 0. The fourth-order valence-corrected chi connectivity index (χ4v) is 4.11. The highest BCUT2D eigenvalue weighted by Gasteiger charge is 2.24. The Labute approximate surface area is 198 Å². The van der Waals surface area contributed by atoms with Crippen molar-refractivity contribution >= 4 is 35.8 Å². The standard InChI is InChI=1S/C21H37N7O.HI/c1-18(2)16-28-10-7-23-19(28)15-24-21(22-3)27-13-11-25(12-14-27)17-20(29)26-8-5-4-6-9-26;/h7,10,18H,4-6,8-9,11-17H2,1-3H3,(H,22,24);1H. The van der Waals surface area contributed by atoms with E-state index in [0.29, 0.717) is 19.0 Å². The van der Waals surface area contributed by atoms with E-state index < -0.39 is 0 Å². The van der Waals surface area contributed by atoms with Crippen LogP contribution in [-0.4, -0.2) is 89.0 Å². The van der Waals surface area contributed by atoms with Gasteiger partial charge in [0.05, 0.1) is 13.1 Å². The molecule has 30 heavy (non-hydrogen) atoms. The highest BCUT2D eigenvalue weighted by molar-refractivity contribution is 14.0. The minimum Gasteiger partial charge on any atom is -0.349 e. The summed E-state index contributed by atoms with van der Waals surface area (Å²) < 4.78 is 2.20. The van der Waals surface area contributed by atoms with Crippen LogP contribution in [0, 0.1) is 5.92 Å². The largest absolute Gasteiger partial charge is 0.349 e. The molecule has 0 aliphatic carbocycles. The van der Waals surface area contributed by atoms with Gasteiger partial charge in [0.2, 0.25) is 5.91 Å². The average molecular weight is 531 g/mol. The number of halogens is 1. The zero-order chi connectivity index (χ0) is 20.6. The van der Waals surface area contributed by atoms with E-state index in [2.05, 4.69) is 43.5 Å². The molecular weight excluding hydrogens is 493 g/mol. The summed E-state index contributed by atoms with van der Waals surface area (Å²) in [6.45, 7) is 12.0. The Bertz CT molecular complexity index is 677. The molecule has 0 saturated carbocycles. The minimum atomic E-state index is 0. The van der Waals surface area contributed by atoms with Crippen molar-refractivity contribution in [2.75, 3.05) is 52.9 Å². The van der Waals surface area contributed by atoms with Crippen LogP contribution in [0.4, 0.5) is 0 Å². The maximum Gasteiger partial charge on any atom is 0.236 e. The third kappa shape index (κ3) is 7.11. The Morgan fingerprint density at radius 3 is 2.43 bits per heavy atom. The Morgan fingerprint density at radius 1 is 1.10 bits per heavy atom. The van der Waals surface area contributed by atoms with Crippen molar-refractivity contribution in [1.29, 1.82) is 0 Å². The van der Waals surface area contributed by atoms with Crippen LogP contribution < -0.4 is 5.32 Å². The first-order valence-electron chi connectivity index (χ1n) is 11.0. The van der Waals surface area contributed by atoms with Gasteiger partial charge in [0.15, 0.2) is 5.96 Å². The van der Waals surface area contributed by atoms with Crippen molar-refractivity contribution in [3.63, 3.8) is 0 Å². The molecule has 1 amide bonds. The molecule has 1 aromatic rings. The molecule has 0 aromatic carbocycles. The number of piperazine rings is 1. The zero-order valence-electron chi connectivity index (χ0n) is 18.7. The summed E-state index contributed by atoms with van der Waals surface area (Å²) in [5.74, 6) is 2.82. The van der Waals surface area contributed by atoms with Gasteiger partial charge in [0, 0.05) is 65.3 Å². The van der Waals surface area contributed by atoms with Gasteiger partial charge in [-0.25, -0.2) is 4.98 Å². The third-order valence-corrected chi connectivity index (χ3v) is 5.72. The Balaban J connectivity index is 0.00000320. The van der Waals surface area contributed by atoms with Crippen molar-refractivity contribution < 1.29 is 4.79 Å². The van der Waals surface area contributed by atoms with Gasteiger partial charge in [-0.05, 0) is 25.2 Å². The summed E-state index contributed by atoms with van der Waals surface area (Å²) in [6.07, 6.45) is 7.46. The van der Waals surface area contributed by atoms with E-state index >= 15 is 0 Å². The molecule has 3 rings (SSSR count). The normalized spacial score (nSPS) is 18.5. The van der Waals surface area contributed by atoms with Crippen molar-refractivity contribution in [2.24, 2.45) is 10.9 Å². The molecule has 3 heterocycles. The van der Waals surface area contributed by atoms with Gasteiger partial charge in [-0.3, -0.25) is 14.7 Å². The molecule has 0 radical (unpaired) electrons. The number of nitrogens with one attached hydrogen (secondary N) is 1. The predicted molar refractivity (Wildman–Crippen MR) is 131 cm³/mol. The smallest absolute Gasteiger partial charge is 0.236 e.